The SMILES string of the molecule is NC(c1ccc(O)cc1)(P(=O)(O)O)P(=O)(O)O. The van der Waals surface area contributed by atoms with Crippen LogP contribution in [0.1, 0.15) is 5.56 Å². The molecule has 7 N–H and O–H groups in total. The quantitative estimate of drug-likeness (QED) is 0.416. The Kier molecular flexibility index (Phi) is 3.53. The van der Waals surface area contributed by atoms with Crippen LogP contribution in [-0.2, 0) is 14.2 Å². The molecule has 0 unspecified atom stereocenters. The lowest BCUT2D eigenvalue weighted by molar-refractivity contribution is 0.310. The summed E-state index contributed by atoms with van der Waals surface area (Å²) in [5.41, 5.74) is 4.75. The van der Waals surface area contributed by atoms with Crippen LogP contribution in [0.25, 0.3) is 0 Å². The highest BCUT2D eigenvalue weighted by molar-refractivity contribution is 7.71. The maximum Gasteiger partial charge on any atom is 0.362 e. The average molecular weight is 283 g/mol. The summed E-state index contributed by atoms with van der Waals surface area (Å²) in [5, 5.41) is 5.88. The van der Waals surface area contributed by atoms with E-state index in [2.05, 4.69) is 0 Å². The van der Waals surface area contributed by atoms with Crippen molar-refractivity contribution in [2.75, 3.05) is 0 Å². The second-order valence-electron chi connectivity index (χ2n) is 3.36. The summed E-state index contributed by atoms with van der Waals surface area (Å²) in [5.74, 6) is -0.229. The molecule has 0 atom stereocenters. The minimum Gasteiger partial charge on any atom is -0.508 e. The Bertz CT molecular complexity index is 479. The molecule has 1 rings (SSSR count). The summed E-state index contributed by atoms with van der Waals surface area (Å²) in [4.78, 5) is 36.1. The maximum atomic E-state index is 11.2. The molecule has 0 spiro atoms. The number of nitrogens with two attached hydrogens (primary N) is 1. The van der Waals surface area contributed by atoms with Gasteiger partial charge in [0.25, 0.3) is 0 Å². The fraction of sp³-hybridized carbons (Fsp3) is 0.143. The molecule has 8 nitrogen and oxygen atoms in total. The number of phenols is 1. The zero-order valence-corrected chi connectivity index (χ0v) is 10.1. The Balaban J connectivity index is 3.52. The minimum atomic E-state index is -5.31. The number of hydrogen-bond acceptors (Lipinski definition) is 4. The van der Waals surface area contributed by atoms with Gasteiger partial charge in [0.05, 0.1) is 0 Å². The first kappa shape index (κ1) is 14.3. The van der Waals surface area contributed by atoms with E-state index in [4.69, 9.17) is 30.4 Å². The predicted molar refractivity (Wildman–Crippen MR) is 58.1 cm³/mol. The van der Waals surface area contributed by atoms with Crippen LogP contribution in [0.4, 0.5) is 0 Å². The van der Waals surface area contributed by atoms with Gasteiger partial charge in [-0.1, -0.05) is 12.1 Å². The van der Waals surface area contributed by atoms with Crippen molar-refractivity contribution < 1.29 is 33.8 Å². The number of benzene rings is 1. The molecule has 0 heterocycles. The van der Waals surface area contributed by atoms with Gasteiger partial charge in [0.2, 0.25) is 5.02 Å². The van der Waals surface area contributed by atoms with E-state index in [0.717, 1.165) is 24.3 Å². The van der Waals surface area contributed by atoms with E-state index in [-0.39, 0.29) is 5.75 Å². The molecular weight excluding hydrogens is 272 g/mol. The maximum absolute atomic E-state index is 11.2. The topological polar surface area (TPSA) is 161 Å². The molecule has 0 amide bonds. The van der Waals surface area contributed by atoms with E-state index < -0.39 is 25.8 Å². The molecule has 10 heteroatoms. The molecule has 0 bridgehead atoms. The zero-order chi connectivity index (χ0) is 13.5. The molecule has 96 valence electrons. The van der Waals surface area contributed by atoms with Crippen LogP contribution in [0, 0.1) is 0 Å². The molecule has 0 aliphatic rings. The third-order valence-corrected chi connectivity index (χ3v) is 6.04. The third kappa shape index (κ3) is 2.43. The van der Waals surface area contributed by atoms with E-state index in [9.17, 15) is 9.13 Å². The van der Waals surface area contributed by atoms with Crippen LogP contribution in [-0.4, -0.2) is 24.7 Å². The Morgan fingerprint density at radius 3 is 1.59 bits per heavy atom. The van der Waals surface area contributed by atoms with Crippen molar-refractivity contribution >= 4 is 15.2 Å². The van der Waals surface area contributed by atoms with Crippen molar-refractivity contribution in [1.29, 1.82) is 0 Å². The van der Waals surface area contributed by atoms with E-state index >= 15 is 0 Å². The monoisotopic (exact) mass is 283 g/mol. The molecule has 0 saturated carbocycles. The number of rotatable bonds is 3. The normalized spacial score (nSPS) is 13.7. The molecule has 0 aliphatic heterocycles. The first-order chi connectivity index (χ1) is 7.50. The molecule has 0 aliphatic carbocycles. The van der Waals surface area contributed by atoms with Crippen molar-refractivity contribution in [2.45, 2.75) is 5.02 Å². The van der Waals surface area contributed by atoms with Gasteiger partial charge < -0.3 is 30.4 Å². The summed E-state index contributed by atoms with van der Waals surface area (Å²) >= 11 is 0. The van der Waals surface area contributed by atoms with Crippen LogP contribution in [0.2, 0.25) is 0 Å². The van der Waals surface area contributed by atoms with Crippen molar-refractivity contribution in [2.24, 2.45) is 5.73 Å². The molecule has 0 fully saturated rings. The first-order valence-electron chi connectivity index (χ1n) is 4.20. The van der Waals surface area contributed by atoms with Gasteiger partial charge in [-0.05, 0) is 17.7 Å². The van der Waals surface area contributed by atoms with Crippen LogP contribution in [0.3, 0.4) is 0 Å². The lowest BCUT2D eigenvalue weighted by atomic mass is 10.2. The Labute approximate surface area is 96.0 Å². The largest absolute Gasteiger partial charge is 0.508 e. The smallest absolute Gasteiger partial charge is 0.362 e. The summed E-state index contributed by atoms with van der Waals surface area (Å²) in [6, 6.07) is 3.91. The van der Waals surface area contributed by atoms with E-state index in [1.54, 1.807) is 0 Å². The predicted octanol–water partition coefficient (Wildman–Crippen LogP) is -0.183. The van der Waals surface area contributed by atoms with Gasteiger partial charge >= 0.3 is 15.2 Å². The zero-order valence-electron chi connectivity index (χ0n) is 8.33. The highest BCUT2D eigenvalue weighted by atomic mass is 31.2. The molecule has 1 aromatic rings. The van der Waals surface area contributed by atoms with Crippen LogP contribution < -0.4 is 5.73 Å². The second kappa shape index (κ2) is 4.19. The molecule has 0 saturated heterocycles. The molecule has 0 aromatic heterocycles. The third-order valence-electron chi connectivity index (χ3n) is 2.18. The van der Waals surface area contributed by atoms with Crippen molar-refractivity contribution in [3.63, 3.8) is 0 Å². The van der Waals surface area contributed by atoms with Gasteiger partial charge in [-0.15, -0.1) is 0 Å². The van der Waals surface area contributed by atoms with Gasteiger partial charge in [-0.2, -0.15) is 0 Å². The van der Waals surface area contributed by atoms with E-state index in [0.29, 0.717) is 0 Å². The summed E-state index contributed by atoms with van der Waals surface area (Å²) in [6.45, 7) is 0. The molecule has 0 radical (unpaired) electrons. The van der Waals surface area contributed by atoms with E-state index in [1.807, 2.05) is 0 Å². The summed E-state index contributed by atoms with van der Waals surface area (Å²) in [6.07, 6.45) is 0. The molecular formula is C7H11NO7P2. The van der Waals surface area contributed by atoms with Gasteiger partial charge in [0.15, 0.2) is 0 Å². The summed E-state index contributed by atoms with van der Waals surface area (Å²) in [7, 11) is -10.6. The lowest BCUT2D eigenvalue weighted by Gasteiger charge is -2.30. The van der Waals surface area contributed by atoms with Gasteiger partial charge in [0.1, 0.15) is 5.75 Å². The van der Waals surface area contributed by atoms with Crippen LogP contribution >= 0.6 is 15.2 Å². The number of aromatic hydroxyl groups is 1. The average Bonchev–Trinajstić information content (AvgIpc) is 2.14. The minimum absolute atomic E-state index is 0.229. The van der Waals surface area contributed by atoms with E-state index in [1.165, 1.54) is 0 Å². The molecule has 17 heavy (non-hydrogen) atoms. The van der Waals surface area contributed by atoms with Crippen LogP contribution in [0.15, 0.2) is 24.3 Å². The Morgan fingerprint density at radius 2 is 1.29 bits per heavy atom. The van der Waals surface area contributed by atoms with Gasteiger partial charge in [-0.25, -0.2) is 0 Å². The van der Waals surface area contributed by atoms with Gasteiger partial charge in [-0.3, -0.25) is 9.13 Å². The van der Waals surface area contributed by atoms with Crippen molar-refractivity contribution in [3.8, 4) is 5.75 Å². The first-order valence-corrected chi connectivity index (χ1v) is 7.42. The van der Waals surface area contributed by atoms with Crippen LogP contribution in [0.5, 0.6) is 5.75 Å². The van der Waals surface area contributed by atoms with Gasteiger partial charge in [0, 0.05) is 0 Å². The number of phenolic OH excluding ortho intramolecular Hbond substituents is 1. The Hall–Kier alpha value is -0.720. The lowest BCUT2D eigenvalue weighted by Crippen LogP contribution is -2.36. The molecule has 1 aromatic carbocycles. The summed E-state index contributed by atoms with van der Waals surface area (Å²) < 4.78 is 22.4. The Morgan fingerprint density at radius 1 is 0.941 bits per heavy atom. The van der Waals surface area contributed by atoms with Crippen molar-refractivity contribution in [1.82, 2.24) is 0 Å². The highest BCUT2D eigenvalue weighted by Crippen LogP contribution is 2.71. The fourth-order valence-electron chi connectivity index (χ4n) is 1.21. The highest BCUT2D eigenvalue weighted by Gasteiger charge is 2.58. The van der Waals surface area contributed by atoms with Crippen molar-refractivity contribution in [3.05, 3.63) is 29.8 Å². The number of hydrogen-bond donors (Lipinski definition) is 6. The fourth-order valence-corrected chi connectivity index (χ4v) is 3.54. The standard InChI is InChI=1S/C7H11NO7P2/c8-7(16(10,11)12,17(13,14)15)5-1-3-6(9)4-2-5/h1-4,9H,8H2,(H2,10,11,12)(H2,13,14,15). The second-order valence-corrected chi connectivity index (χ2v) is 7.30.